The molecule has 5 heteroatoms. The maximum atomic E-state index is 12.9. The maximum absolute atomic E-state index is 12.9. The van der Waals surface area contributed by atoms with Gasteiger partial charge in [-0.25, -0.2) is 0 Å². The standard InChI is InChI=1S/C22H22N2O3/c1-16-13-20(25)18-9-5-6-10-19(18)24(16)14-21(26)23-12-11-22(27,15-23)17-7-3-2-4-8-17/h2-10,13,27H,11-12,14-15H2,1H3/t22-/m0/s1. The third kappa shape index (κ3) is 3.15. The first kappa shape index (κ1) is 17.5. The molecule has 1 fully saturated rings. The zero-order valence-corrected chi connectivity index (χ0v) is 15.3. The van der Waals surface area contributed by atoms with Crippen LogP contribution in [-0.4, -0.2) is 33.6 Å². The van der Waals surface area contributed by atoms with Crippen molar-refractivity contribution in [2.75, 3.05) is 13.1 Å². The number of nitrogens with zero attached hydrogens (tertiary/aromatic N) is 2. The van der Waals surface area contributed by atoms with Gasteiger partial charge in [0.2, 0.25) is 5.91 Å². The van der Waals surface area contributed by atoms with Gasteiger partial charge in [-0.15, -0.1) is 0 Å². The fraction of sp³-hybridized carbons (Fsp3) is 0.273. The highest BCUT2D eigenvalue weighted by atomic mass is 16.3. The monoisotopic (exact) mass is 362 g/mol. The Hall–Kier alpha value is -2.92. The Morgan fingerprint density at radius 1 is 1.11 bits per heavy atom. The molecule has 1 aromatic heterocycles. The van der Waals surface area contributed by atoms with Crippen LogP contribution in [0.1, 0.15) is 17.7 Å². The quantitative estimate of drug-likeness (QED) is 0.778. The lowest BCUT2D eigenvalue weighted by atomic mass is 9.93. The Bertz CT molecular complexity index is 1060. The van der Waals surface area contributed by atoms with Gasteiger partial charge in [0.15, 0.2) is 5.43 Å². The van der Waals surface area contributed by atoms with Crippen molar-refractivity contribution in [1.29, 1.82) is 0 Å². The Morgan fingerprint density at radius 2 is 1.81 bits per heavy atom. The second-order valence-electron chi connectivity index (χ2n) is 7.22. The lowest BCUT2D eigenvalue weighted by Gasteiger charge is -2.24. The highest BCUT2D eigenvalue weighted by Crippen LogP contribution is 2.32. The van der Waals surface area contributed by atoms with Gasteiger partial charge in [-0.05, 0) is 31.0 Å². The van der Waals surface area contributed by atoms with Crippen molar-refractivity contribution >= 4 is 16.8 Å². The highest BCUT2D eigenvalue weighted by Gasteiger charge is 2.39. The average molecular weight is 362 g/mol. The number of carbonyl (C=O) groups excluding carboxylic acids is 1. The van der Waals surface area contributed by atoms with E-state index in [-0.39, 0.29) is 24.4 Å². The number of para-hydroxylation sites is 1. The van der Waals surface area contributed by atoms with Gasteiger partial charge >= 0.3 is 0 Å². The van der Waals surface area contributed by atoms with Crippen LogP contribution in [0.2, 0.25) is 0 Å². The van der Waals surface area contributed by atoms with Crippen molar-refractivity contribution < 1.29 is 9.90 Å². The predicted octanol–water partition coefficient (Wildman–Crippen LogP) is 2.43. The molecule has 0 spiro atoms. The smallest absolute Gasteiger partial charge is 0.242 e. The number of β-amino-alcohol motifs (C(OH)–C–C–N with tert-alkyl or cyclic N) is 1. The molecule has 2 aromatic carbocycles. The molecule has 0 aliphatic carbocycles. The fourth-order valence-corrected chi connectivity index (χ4v) is 3.89. The van der Waals surface area contributed by atoms with E-state index in [9.17, 15) is 14.7 Å². The number of likely N-dealkylation sites (tertiary alicyclic amines) is 1. The maximum Gasteiger partial charge on any atom is 0.242 e. The second-order valence-corrected chi connectivity index (χ2v) is 7.22. The molecule has 5 nitrogen and oxygen atoms in total. The summed E-state index contributed by atoms with van der Waals surface area (Å²) in [6.07, 6.45) is 0.520. The summed E-state index contributed by atoms with van der Waals surface area (Å²) < 4.78 is 1.87. The van der Waals surface area contributed by atoms with Gasteiger partial charge in [0.05, 0.1) is 12.1 Å². The molecule has 3 aromatic rings. The van der Waals surface area contributed by atoms with Crippen LogP contribution < -0.4 is 5.43 Å². The molecule has 138 valence electrons. The van der Waals surface area contributed by atoms with E-state index in [4.69, 9.17) is 0 Å². The van der Waals surface area contributed by atoms with E-state index in [0.717, 1.165) is 16.8 Å². The number of aliphatic hydroxyl groups is 1. The molecular weight excluding hydrogens is 340 g/mol. The van der Waals surface area contributed by atoms with Crippen LogP contribution in [0.5, 0.6) is 0 Å². The SMILES string of the molecule is Cc1cc(=O)c2ccccc2n1CC(=O)N1CC[C@@](O)(c2ccccc2)C1. The van der Waals surface area contributed by atoms with E-state index in [1.165, 1.54) is 0 Å². The first-order valence-electron chi connectivity index (χ1n) is 9.13. The van der Waals surface area contributed by atoms with Gasteiger partial charge in [-0.1, -0.05) is 42.5 Å². The third-order valence-electron chi connectivity index (χ3n) is 5.43. The molecule has 1 saturated heterocycles. The number of pyridine rings is 1. The molecule has 1 amide bonds. The molecule has 0 radical (unpaired) electrons. The van der Waals surface area contributed by atoms with Crippen LogP contribution in [0.3, 0.4) is 0 Å². The Labute approximate surface area is 157 Å². The number of aryl methyl sites for hydroxylation is 1. The summed E-state index contributed by atoms with van der Waals surface area (Å²) in [7, 11) is 0. The summed E-state index contributed by atoms with van der Waals surface area (Å²) in [5, 5.41) is 11.6. The molecule has 0 saturated carbocycles. The van der Waals surface area contributed by atoms with Crippen molar-refractivity contribution in [3.8, 4) is 0 Å². The molecule has 1 atom stereocenters. The molecule has 4 rings (SSSR count). The molecular formula is C22H22N2O3. The summed E-state index contributed by atoms with van der Waals surface area (Å²) in [6.45, 7) is 2.79. The van der Waals surface area contributed by atoms with E-state index in [2.05, 4.69) is 0 Å². The van der Waals surface area contributed by atoms with Gasteiger partial charge in [0.1, 0.15) is 12.1 Å². The number of aromatic nitrogens is 1. The van der Waals surface area contributed by atoms with Crippen molar-refractivity contribution in [3.05, 3.63) is 82.1 Å². The van der Waals surface area contributed by atoms with Gasteiger partial charge in [-0.2, -0.15) is 0 Å². The number of hydrogen-bond acceptors (Lipinski definition) is 3. The molecule has 27 heavy (non-hydrogen) atoms. The van der Waals surface area contributed by atoms with E-state index in [0.29, 0.717) is 18.4 Å². The number of carbonyl (C=O) groups is 1. The van der Waals surface area contributed by atoms with Gasteiger partial charge < -0.3 is 14.6 Å². The molecule has 1 aliphatic heterocycles. The first-order valence-corrected chi connectivity index (χ1v) is 9.13. The first-order chi connectivity index (χ1) is 13.0. The van der Waals surface area contributed by atoms with Crippen molar-refractivity contribution in [2.45, 2.75) is 25.5 Å². The van der Waals surface area contributed by atoms with Crippen LogP contribution in [-0.2, 0) is 16.9 Å². The zero-order valence-electron chi connectivity index (χ0n) is 15.3. The Kier molecular flexibility index (Phi) is 4.32. The van der Waals surface area contributed by atoms with Crippen LogP contribution >= 0.6 is 0 Å². The van der Waals surface area contributed by atoms with Crippen molar-refractivity contribution in [1.82, 2.24) is 9.47 Å². The van der Waals surface area contributed by atoms with E-state index < -0.39 is 5.60 Å². The predicted molar refractivity (Wildman–Crippen MR) is 104 cm³/mol. The molecule has 0 bridgehead atoms. The second kappa shape index (κ2) is 6.67. The third-order valence-corrected chi connectivity index (χ3v) is 5.43. The summed E-state index contributed by atoms with van der Waals surface area (Å²) >= 11 is 0. The fourth-order valence-electron chi connectivity index (χ4n) is 3.89. The Morgan fingerprint density at radius 3 is 2.59 bits per heavy atom. The summed E-state index contributed by atoms with van der Waals surface area (Å²) in [5.41, 5.74) is 1.31. The number of fused-ring (bicyclic) bond motifs is 1. The Balaban J connectivity index is 1.59. The highest BCUT2D eigenvalue weighted by molar-refractivity contribution is 5.83. The van der Waals surface area contributed by atoms with Crippen LogP contribution in [0, 0.1) is 6.92 Å². The van der Waals surface area contributed by atoms with Crippen molar-refractivity contribution in [2.24, 2.45) is 0 Å². The number of rotatable bonds is 3. The normalized spacial score (nSPS) is 19.6. The molecule has 0 unspecified atom stereocenters. The van der Waals surface area contributed by atoms with Gasteiger partial charge in [0.25, 0.3) is 0 Å². The summed E-state index contributed by atoms with van der Waals surface area (Å²) in [5.74, 6) is -0.0567. The van der Waals surface area contributed by atoms with Crippen LogP contribution in [0.25, 0.3) is 10.9 Å². The van der Waals surface area contributed by atoms with E-state index in [1.54, 1.807) is 17.0 Å². The molecule has 1 N–H and O–H groups in total. The summed E-state index contributed by atoms with van der Waals surface area (Å²) in [6, 6.07) is 18.4. The number of benzene rings is 2. The summed E-state index contributed by atoms with van der Waals surface area (Å²) in [4.78, 5) is 26.8. The zero-order chi connectivity index (χ0) is 19.0. The van der Waals surface area contributed by atoms with Crippen LogP contribution in [0.15, 0.2) is 65.5 Å². The average Bonchev–Trinajstić information content (AvgIpc) is 3.09. The van der Waals surface area contributed by atoms with E-state index >= 15 is 0 Å². The number of amides is 1. The van der Waals surface area contributed by atoms with Crippen LogP contribution in [0.4, 0.5) is 0 Å². The topological polar surface area (TPSA) is 62.5 Å². The minimum Gasteiger partial charge on any atom is -0.383 e. The van der Waals surface area contributed by atoms with Gasteiger partial charge in [-0.3, -0.25) is 9.59 Å². The van der Waals surface area contributed by atoms with Gasteiger partial charge in [0, 0.05) is 23.7 Å². The minimum absolute atomic E-state index is 0.0357. The van der Waals surface area contributed by atoms with E-state index in [1.807, 2.05) is 60.0 Å². The lowest BCUT2D eigenvalue weighted by Crippen LogP contribution is -2.36. The molecule has 2 heterocycles. The minimum atomic E-state index is -1.00. The molecule has 1 aliphatic rings. The number of hydrogen-bond donors (Lipinski definition) is 1. The lowest BCUT2D eigenvalue weighted by molar-refractivity contribution is -0.131. The van der Waals surface area contributed by atoms with Crippen molar-refractivity contribution in [3.63, 3.8) is 0 Å². The largest absolute Gasteiger partial charge is 0.383 e.